The number of halogens is 4. The highest BCUT2D eigenvalue weighted by atomic mass is 79.9. The van der Waals surface area contributed by atoms with Gasteiger partial charge in [0.15, 0.2) is 5.78 Å². The summed E-state index contributed by atoms with van der Waals surface area (Å²) in [6, 6.07) is 0. The first kappa shape index (κ1) is 15.2. The van der Waals surface area contributed by atoms with E-state index in [1.54, 1.807) is 0 Å². The lowest BCUT2D eigenvalue weighted by atomic mass is 10.2. The molecule has 0 aliphatic heterocycles. The van der Waals surface area contributed by atoms with Gasteiger partial charge in [-0.2, -0.15) is 18.3 Å². The Morgan fingerprint density at radius 1 is 1.50 bits per heavy atom. The summed E-state index contributed by atoms with van der Waals surface area (Å²) < 4.78 is 38.2. The van der Waals surface area contributed by atoms with Crippen molar-refractivity contribution in [3.05, 3.63) is 16.4 Å². The highest BCUT2D eigenvalue weighted by Gasteiger charge is 2.33. The molecule has 8 heteroatoms. The standard InChI is InChI=1S/C10H13BrF3N3O/c1-16(2)3-4-17-9(7(11)6-15-17)8(18)5-10(12,13)14/h6H,3-5H2,1-2H3. The fraction of sp³-hybridized carbons (Fsp3) is 0.600. The van der Waals surface area contributed by atoms with E-state index in [1.807, 2.05) is 19.0 Å². The van der Waals surface area contributed by atoms with Gasteiger partial charge in [0.2, 0.25) is 0 Å². The second kappa shape index (κ2) is 5.83. The van der Waals surface area contributed by atoms with E-state index in [-0.39, 0.29) is 10.2 Å². The Morgan fingerprint density at radius 3 is 2.61 bits per heavy atom. The van der Waals surface area contributed by atoms with Crippen LogP contribution in [0.25, 0.3) is 0 Å². The molecule has 0 aromatic carbocycles. The maximum atomic E-state index is 12.2. The van der Waals surface area contributed by atoms with Gasteiger partial charge in [-0.3, -0.25) is 9.48 Å². The summed E-state index contributed by atoms with van der Waals surface area (Å²) in [6.45, 7) is 0.942. The predicted octanol–water partition coefficient (Wildman–Crippen LogP) is 2.34. The van der Waals surface area contributed by atoms with Crippen LogP contribution in [-0.2, 0) is 6.54 Å². The van der Waals surface area contributed by atoms with Crippen molar-refractivity contribution >= 4 is 21.7 Å². The van der Waals surface area contributed by atoms with Gasteiger partial charge in [0.25, 0.3) is 0 Å². The average Bonchev–Trinajstić information content (AvgIpc) is 2.53. The molecule has 1 heterocycles. The minimum absolute atomic E-state index is 0.0332. The minimum Gasteiger partial charge on any atom is -0.308 e. The number of likely N-dealkylation sites (N-methyl/N-ethyl adjacent to an activating group) is 1. The number of hydrogen-bond acceptors (Lipinski definition) is 3. The normalized spacial score (nSPS) is 12.2. The molecule has 0 saturated carbocycles. The zero-order chi connectivity index (χ0) is 13.9. The van der Waals surface area contributed by atoms with Crippen LogP contribution in [0.2, 0.25) is 0 Å². The van der Waals surface area contributed by atoms with Gasteiger partial charge in [0.1, 0.15) is 12.1 Å². The van der Waals surface area contributed by atoms with Gasteiger partial charge in [0, 0.05) is 6.54 Å². The molecular formula is C10H13BrF3N3O. The molecule has 0 aliphatic carbocycles. The largest absolute Gasteiger partial charge is 0.396 e. The van der Waals surface area contributed by atoms with Crippen molar-refractivity contribution in [3.63, 3.8) is 0 Å². The Labute approximate surface area is 111 Å². The fourth-order valence-electron chi connectivity index (χ4n) is 1.37. The molecule has 1 rings (SSSR count). The molecular weight excluding hydrogens is 315 g/mol. The van der Waals surface area contributed by atoms with Crippen LogP contribution < -0.4 is 0 Å². The molecule has 0 fully saturated rings. The van der Waals surface area contributed by atoms with Crippen molar-refractivity contribution < 1.29 is 18.0 Å². The Kier molecular flexibility index (Phi) is 4.92. The summed E-state index contributed by atoms with van der Waals surface area (Å²) in [5, 5.41) is 3.89. The second-order valence-electron chi connectivity index (χ2n) is 4.08. The molecule has 0 bridgehead atoms. The summed E-state index contributed by atoms with van der Waals surface area (Å²) >= 11 is 3.05. The number of carbonyl (C=O) groups is 1. The first-order valence-corrected chi connectivity index (χ1v) is 5.96. The molecule has 0 unspecified atom stereocenters. The fourth-order valence-corrected chi connectivity index (χ4v) is 1.89. The summed E-state index contributed by atoms with van der Waals surface area (Å²) in [5.74, 6) is -0.981. The van der Waals surface area contributed by atoms with Crippen LogP contribution in [-0.4, -0.2) is 47.3 Å². The molecule has 0 atom stereocenters. The van der Waals surface area contributed by atoms with Gasteiger partial charge in [-0.15, -0.1) is 0 Å². The zero-order valence-corrected chi connectivity index (χ0v) is 11.5. The third-order valence-electron chi connectivity index (χ3n) is 2.18. The predicted molar refractivity (Wildman–Crippen MR) is 63.5 cm³/mol. The van der Waals surface area contributed by atoms with Crippen LogP contribution in [0.1, 0.15) is 16.9 Å². The Balaban J connectivity index is 2.87. The van der Waals surface area contributed by atoms with E-state index in [0.29, 0.717) is 13.1 Å². The van der Waals surface area contributed by atoms with Crippen LogP contribution in [0.15, 0.2) is 10.7 Å². The van der Waals surface area contributed by atoms with Crippen molar-refractivity contribution in [2.45, 2.75) is 19.1 Å². The van der Waals surface area contributed by atoms with E-state index in [4.69, 9.17) is 0 Å². The number of aromatic nitrogens is 2. The van der Waals surface area contributed by atoms with Crippen LogP contribution in [0.4, 0.5) is 13.2 Å². The van der Waals surface area contributed by atoms with E-state index in [9.17, 15) is 18.0 Å². The summed E-state index contributed by atoms with van der Waals surface area (Å²) in [5.41, 5.74) is -0.0332. The highest BCUT2D eigenvalue weighted by molar-refractivity contribution is 9.10. The second-order valence-corrected chi connectivity index (χ2v) is 4.94. The number of ketones is 1. The van der Waals surface area contributed by atoms with Gasteiger partial charge < -0.3 is 4.90 Å². The van der Waals surface area contributed by atoms with E-state index in [2.05, 4.69) is 21.0 Å². The number of nitrogens with zero attached hydrogens (tertiary/aromatic N) is 3. The van der Waals surface area contributed by atoms with Crippen LogP contribution in [0, 0.1) is 0 Å². The molecule has 0 spiro atoms. The maximum absolute atomic E-state index is 12.2. The quantitative estimate of drug-likeness (QED) is 0.779. The summed E-state index contributed by atoms with van der Waals surface area (Å²) in [7, 11) is 3.66. The lowest BCUT2D eigenvalue weighted by Gasteiger charge is -2.12. The monoisotopic (exact) mass is 327 g/mol. The van der Waals surface area contributed by atoms with Crippen molar-refractivity contribution in [2.24, 2.45) is 0 Å². The van der Waals surface area contributed by atoms with Crippen LogP contribution >= 0.6 is 15.9 Å². The van der Waals surface area contributed by atoms with E-state index >= 15 is 0 Å². The molecule has 1 aromatic rings. The number of carbonyl (C=O) groups excluding carboxylic acids is 1. The van der Waals surface area contributed by atoms with Gasteiger partial charge in [-0.05, 0) is 30.0 Å². The number of Topliss-reactive ketones (excluding diaryl/α,β-unsaturated/α-hetero) is 1. The zero-order valence-electron chi connectivity index (χ0n) is 9.96. The minimum atomic E-state index is -4.51. The van der Waals surface area contributed by atoms with Crippen molar-refractivity contribution in [3.8, 4) is 0 Å². The molecule has 0 radical (unpaired) electrons. The third-order valence-corrected chi connectivity index (χ3v) is 2.76. The van der Waals surface area contributed by atoms with E-state index < -0.39 is 18.4 Å². The molecule has 0 aliphatic rings. The van der Waals surface area contributed by atoms with Crippen LogP contribution in [0.3, 0.4) is 0 Å². The smallest absolute Gasteiger partial charge is 0.308 e. The first-order valence-electron chi connectivity index (χ1n) is 5.16. The average molecular weight is 328 g/mol. The van der Waals surface area contributed by atoms with Crippen molar-refractivity contribution in [2.75, 3.05) is 20.6 Å². The van der Waals surface area contributed by atoms with Gasteiger partial charge in [-0.25, -0.2) is 0 Å². The maximum Gasteiger partial charge on any atom is 0.396 e. The van der Waals surface area contributed by atoms with E-state index in [1.165, 1.54) is 10.9 Å². The summed E-state index contributed by atoms with van der Waals surface area (Å²) in [4.78, 5) is 13.4. The Morgan fingerprint density at radius 2 is 2.11 bits per heavy atom. The van der Waals surface area contributed by atoms with Gasteiger partial charge in [-0.1, -0.05) is 0 Å². The molecule has 0 saturated heterocycles. The summed E-state index contributed by atoms with van der Waals surface area (Å²) in [6.07, 6.45) is -4.65. The van der Waals surface area contributed by atoms with Gasteiger partial charge in [0.05, 0.1) is 17.2 Å². The molecule has 4 nitrogen and oxygen atoms in total. The molecule has 0 N–H and O–H groups in total. The van der Waals surface area contributed by atoms with Crippen molar-refractivity contribution in [1.29, 1.82) is 0 Å². The number of hydrogen-bond donors (Lipinski definition) is 0. The molecule has 1 aromatic heterocycles. The Hall–Kier alpha value is -0.890. The SMILES string of the molecule is CN(C)CCn1ncc(Br)c1C(=O)CC(F)(F)F. The van der Waals surface area contributed by atoms with Gasteiger partial charge >= 0.3 is 6.18 Å². The molecule has 102 valence electrons. The van der Waals surface area contributed by atoms with Crippen LogP contribution in [0.5, 0.6) is 0 Å². The first-order chi connectivity index (χ1) is 8.20. The third kappa shape index (κ3) is 4.41. The topological polar surface area (TPSA) is 38.1 Å². The number of rotatable bonds is 5. The number of alkyl halides is 3. The molecule has 18 heavy (non-hydrogen) atoms. The lowest BCUT2D eigenvalue weighted by Crippen LogP contribution is -2.23. The van der Waals surface area contributed by atoms with Crippen molar-refractivity contribution in [1.82, 2.24) is 14.7 Å². The molecule has 0 amide bonds. The highest BCUT2D eigenvalue weighted by Crippen LogP contribution is 2.25. The lowest BCUT2D eigenvalue weighted by molar-refractivity contribution is -0.125. The van der Waals surface area contributed by atoms with E-state index in [0.717, 1.165) is 0 Å². The Bertz CT molecular complexity index is 428.